The van der Waals surface area contributed by atoms with Gasteiger partial charge in [-0.3, -0.25) is 0 Å². The Morgan fingerprint density at radius 1 is 1.50 bits per heavy atom. The molecule has 1 aromatic rings. The molecule has 0 saturated carbocycles. The standard InChI is InChI=1S/C13H15ClFN/c1-3-4-5-8-16-10(2)11-6-7-13(15)12(14)9-11/h6-7,9-10,16H,5,8H2,1-2H3. The predicted molar refractivity (Wildman–Crippen MR) is 65.9 cm³/mol. The molecule has 0 radical (unpaired) electrons. The highest BCUT2D eigenvalue weighted by Gasteiger charge is 2.06. The summed E-state index contributed by atoms with van der Waals surface area (Å²) in [5.41, 5.74) is 0.982. The number of hydrogen-bond acceptors (Lipinski definition) is 1. The Morgan fingerprint density at radius 3 is 2.88 bits per heavy atom. The molecule has 0 aliphatic heterocycles. The van der Waals surface area contributed by atoms with Crippen molar-refractivity contribution in [2.45, 2.75) is 26.3 Å². The van der Waals surface area contributed by atoms with E-state index in [9.17, 15) is 4.39 Å². The summed E-state index contributed by atoms with van der Waals surface area (Å²) in [7, 11) is 0. The third-order valence-electron chi connectivity index (χ3n) is 2.32. The van der Waals surface area contributed by atoms with E-state index in [2.05, 4.69) is 17.2 Å². The Balaban J connectivity index is 2.54. The molecule has 86 valence electrons. The summed E-state index contributed by atoms with van der Waals surface area (Å²) in [5.74, 6) is 5.43. The van der Waals surface area contributed by atoms with Crippen LogP contribution in [0.2, 0.25) is 5.02 Å². The second kappa shape index (κ2) is 6.52. The maximum Gasteiger partial charge on any atom is 0.141 e. The largest absolute Gasteiger partial charge is 0.309 e. The minimum absolute atomic E-state index is 0.150. The summed E-state index contributed by atoms with van der Waals surface area (Å²) < 4.78 is 12.9. The molecule has 0 aliphatic carbocycles. The molecule has 1 nitrogen and oxygen atoms in total. The van der Waals surface area contributed by atoms with Gasteiger partial charge in [-0.2, -0.15) is 0 Å². The fourth-order valence-corrected chi connectivity index (χ4v) is 1.56. The summed E-state index contributed by atoms with van der Waals surface area (Å²) in [6.07, 6.45) is 0.815. The first kappa shape index (κ1) is 13.0. The molecule has 0 bridgehead atoms. The van der Waals surface area contributed by atoms with E-state index < -0.39 is 0 Å². The van der Waals surface area contributed by atoms with Crippen molar-refractivity contribution in [3.8, 4) is 11.8 Å². The van der Waals surface area contributed by atoms with Crippen LogP contribution < -0.4 is 5.32 Å². The van der Waals surface area contributed by atoms with Crippen molar-refractivity contribution >= 4 is 11.6 Å². The molecule has 0 heterocycles. The van der Waals surface area contributed by atoms with Crippen LogP contribution in [0.4, 0.5) is 4.39 Å². The highest BCUT2D eigenvalue weighted by molar-refractivity contribution is 6.30. The second-order valence-corrected chi connectivity index (χ2v) is 3.93. The van der Waals surface area contributed by atoms with Crippen molar-refractivity contribution in [3.63, 3.8) is 0 Å². The van der Waals surface area contributed by atoms with Gasteiger partial charge in [-0.05, 0) is 31.5 Å². The van der Waals surface area contributed by atoms with Gasteiger partial charge >= 0.3 is 0 Å². The Hall–Kier alpha value is -1.04. The monoisotopic (exact) mass is 239 g/mol. The molecule has 1 rings (SSSR count). The van der Waals surface area contributed by atoms with Gasteiger partial charge in [0, 0.05) is 19.0 Å². The third kappa shape index (κ3) is 3.84. The number of benzene rings is 1. The van der Waals surface area contributed by atoms with Crippen LogP contribution >= 0.6 is 11.6 Å². The van der Waals surface area contributed by atoms with E-state index in [1.165, 1.54) is 6.07 Å². The molecular formula is C13H15ClFN. The van der Waals surface area contributed by atoms with Gasteiger partial charge < -0.3 is 5.32 Å². The molecule has 0 aliphatic rings. The van der Waals surface area contributed by atoms with Crippen molar-refractivity contribution in [1.82, 2.24) is 5.32 Å². The van der Waals surface area contributed by atoms with Crippen molar-refractivity contribution in [2.75, 3.05) is 6.54 Å². The minimum atomic E-state index is -0.380. The van der Waals surface area contributed by atoms with Gasteiger partial charge in [-0.1, -0.05) is 17.7 Å². The van der Waals surface area contributed by atoms with Crippen molar-refractivity contribution in [3.05, 3.63) is 34.6 Å². The summed E-state index contributed by atoms with van der Waals surface area (Å²) >= 11 is 5.72. The minimum Gasteiger partial charge on any atom is -0.309 e. The fraction of sp³-hybridized carbons (Fsp3) is 0.385. The lowest BCUT2D eigenvalue weighted by Crippen LogP contribution is -2.19. The first-order valence-corrected chi connectivity index (χ1v) is 5.61. The van der Waals surface area contributed by atoms with Gasteiger partial charge in [0.25, 0.3) is 0 Å². The molecule has 1 atom stereocenters. The highest BCUT2D eigenvalue weighted by atomic mass is 35.5. The molecule has 3 heteroatoms. The average molecular weight is 240 g/mol. The summed E-state index contributed by atoms with van der Waals surface area (Å²) in [5, 5.41) is 3.46. The van der Waals surface area contributed by atoms with Gasteiger partial charge in [0.2, 0.25) is 0 Å². The average Bonchev–Trinajstić information content (AvgIpc) is 2.28. The lowest BCUT2D eigenvalue weighted by molar-refractivity contribution is 0.580. The third-order valence-corrected chi connectivity index (χ3v) is 2.61. The van der Waals surface area contributed by atoms with Gasteiger partial charge in [0.15, 0.2) is 0 Å². The van der Waals surface area contributed by atoms with Gasteiger partial charge in [-0.25, -0.2) is 4.39 Å². The number of nitrogens with one attached hydrogen (secondary N) is 1. The van der Waals surface area contributed by atoms with E-state index in [1.54, 1.807) is 12.1 Å². The van der Waals surface area contributed by atoms with Crippen molar-refractivity contribution in [1.29, 1.82) is 0 Å². The Kier molecular flexibility index (Phi) is 5.31. The van der Waals surface area contributed by atoms with Crippen LogP contribution in [-0.2, 0) is 0 Å². The molecule has 0 aromatic heterocycles. The number of halogens is 2. The quantitative estimate of drug-likeness (QED) is 0.626. The lowest BCUT2D eigenvalue weighted by Gasteiger charge is -2.13. The van der Waals surface area contributed by atoms with E-state index in [-0.39, 0.29) is 16.9 Å². The van der Waals surface area contributed by atoms with Gasteiger partial charge in [0.05, 0.1) is 5.02 Å². The highest BCUT2D eigenvalue weighted by Crippen LogP contribution is 2.20. The summed E-state index contributed by atoms with van der Waals surface area (Å²) in [6, 6.07) is 4.93. The zero-order valence-electron chi connectivity index (χ0n) is 9.48. The Labute approximate surface area is 101 Å². The Morgan fingerprint density at radius 2 is 2.25 bits per heavy atom. The Bertz CT molecular complexity index is 406. The van der Waals surface area contributed by atoms with E-state index >= 15 is 0 Å². The normalized spacial score (nSPS) is 11.8. The van der Waals surface area contributed by atoms with Crippen LogP contribution in [-0.4, -0.2) is 6.54 Å². The molecule has 0 spiro atoms. The van der Waals surface area contributed by atoms with Crippen LogP contribution in [0.5, 0.6) is 0 Å². The van der Waals surface area contributed by atoms with Crippen molar-refractivity contribution < 1.29 is 4.39 Å². The fourth-order valence-electron chi connectivity index (χ4n) is 1.38. The van der Waals surface area contributed by atoms with Crippen LogP contribution in [0.15, 0.2) is 18.2 Å². The molecule has 1 unspecified atom stereocenters. The first-order chi connectivity index (χ1) is 7.65. The van der Waals surface area contributed by atoms with Gasteiger partial charge in [0.1, 0.15) is 5.82 Å². The maximum atomic E-state index is 12.9. The first-order valence-electron chi connectivity index (χ1n) is 5.23. The number of rotatable bonds is 4. The van der Waals surface area contributed by atoms with Crippen LogP contribution in [0.1, 0.15) is 31.9 Å². The molecule has 16 heavy (non-hydrogen) atoms. The zero-order valence-corrected chi connectivity index (χ0v) is 10.2. The second-order valence-electron chi connectivity index (χ2n) is 3.53. The summed E-state index contributed by atoms with van der Waals surface area (Å²) in [4.78, 5) is 0. The van der Waals surface area contributed by atoms with Crippen LogP contribution in [0.25, 0.3) is 0 Å². The van der Waals surface area contributed by atoms with E-state index in [0.717, 1.165) is 18.5 Å². The molecule has 0 saturated heterocycles. The van der Waals surface area contributed by atoms with Crippen molar-refractivity contribution in [2.24, 2.45) is 0 Å². The molecule has 1 N–H and O–H groups in total. The van der Waals surface area contributed by atoms with E-state index in [1.807, 2.05) is 13.8 Å². The maximum absolute atomic E-state index is 12.9. The van der Waals surface area contributed by atoms with Crippen LogP contribution in [0, 0.1) is 17.7 Å². The smallest absolute Gasteiger partial charge is 0.141 e. The molecule has 1 aromatic carbocycles. The molecule has 0 fully saturated rings. The molecular weight excluding hydrogens is 225 g/mol. The molecule has 0 amide bonds. The number of hydrogen-bond donors (Lipinski definition) is 1. The summed E-state index contributed by atoms with van der Waals surface area (Å²) in [6.45, 7) is 4.66. The SMILES string of the molecule is CC#CCCNC(C)c1ccc(F)c(Cl)c1. The zero-order chi connectivity index (χ0) is 12.0. The predicted octanol–water partition coefficient (Wildman–Crippen LogP) is 3.54. The van der Waals surface area contributed by atoms with E-state index in [0.29, 0.717) is 0 Å². The van der Waals surface area contributed by atoms with Gasteiger partial charge in [-0.15, -0.1) is 11.8 Å². The van der Waals surface area contributed by atoms with E-state index in [4.69, 9.17) is 11.6 Å². The lowest BCUT2D eigenvalue weighted by atomic mass is 10.1. The topological polar surface area (TPSA) is 12.0 Å². The van der Waals surface area contributed by atoms with Crippen LogP contribution in [0.3, 0.4) is 0 Å².